The highest BCUT2D eigenvalue weighted by Gasteiger charge is 2.51. The van der Waals surface area contributed by atoms with Crippen LogP contribution in [0.2, 0.25) is 0 Å². The van der Waals surface area contributed by atoms with Crippen LogP contribution < -0.4 is 0 Å². The van der Waals surface area contributed by atoms with Gasteiger partial charge in [-0.05, 0) is 96.3 Å². The molecule has 1 fully saturated rings. The van der Waals surface area contributed by atoms with Gasteiger partial charge >= 0.3 is 13.8 Å². The number of unbranched alkanes of at least 4 members (excludes halogenated alkanes) is 3. The average Bonchev–Trinajstić information content (AvgIpc) is 3.26. The minimum absolute atomic E-state index is 0.110. The number of rotatable bonds is 35. The Morgan fingerprint density at radius 1 is 0.516 bits per heavy atom. The van der Waals surface area contributed by atoms with E-state index in [0.29, 0.717) is 19.4 Å². The molecule has 0 aromatic heterocycles. The lowest BCUT2D eigenvalue weighted by Gasteiger charge is -2.41. The number of ether oxygens (including phenoxy) is 2. The van der Waals surface area contributed by atoms with Crippen LogP contribution in [0, 0.1) is 0 Å². The van der Waals surface area contributed by atoms with Gasteiger partial charge in [-0.3, -0.25) is 13.8 Å². The molecule has 1 rings (SSSR count). The lowest BCUT2D eigenvalue weighted by Crippen LogP contribution is -2.64. The van der Waals surface area contributed by atoms with Crippen molar-refractivity contribution in [3.8, 4) is 0 Å². The molecular formula is C49H77O12P. The molecule has 0 bridgehead atoms. The van der Waals surface area contributed by atoms with Crippen LogP contribution in [0.3, 0.4) is 0 Å². The second kappa shape index (κ2) is 38.2. The largest absolute Gasteiger partial charge is 0.472 e. The number of carbonyl (C=O) groups excluding carboxylic acids is 1. The predicted molar refractivity (Wildman–Crippen MR) is 248 cm³/mol. The third-order valence-electron chi connectivity index (χ3n) is 9.33. The first-order valence-corrected chi connectivity index (χ1v) is 23.9. The van der Waals surface area contributed by atoms with Crippen molar-refractivity contribution in [2.45, 2.75) is 159 Å². The quantitative estimate of drug-likeness (QED) is 0.0153. The van der Waals surface area contributed by atoms with Crippen molar-refractivity contribution in [2.75, 3.05) is 19.8 Å². The lowest BCUT2D eigenvalue weighted by molar-refractivity contribution is -0.220. The Morgan fingerprint density at radius 3 is 1.31 bits per heavy atom. The van der Waals surface area contributed by atoms with E-state index in [4.69, 9.17) is 18.5 Å². The van der Waals surface area contributed by atoms with Crippen molar-refractivity contribution >= 4 is 13.8 Å². The van der Waals surface area contributed by atoms with E-state index >= 15 is 0 Å². The zero-order chi connectivity index (χ0) is 45.5. The smallest absolute Gasteiger partial charge is 0.457 e. The van der Waals surface area contributed by atoms with Crippen molar-refractivity contribution in [2.24, 2.45) is 0 Å². The molecule has 0 heterocycles. The van der Waals surface area contributed by atoms with Gasteiger partial charge in [-0.1, -0.05) is 135 Å². The minimum Gasteiger partial charge on any atom is -0.457 e. The first kappa shape index (κ1) is 56.8. The van der Waals surface area contributed by atoms with Crippen molar-refractivity contribution in [1.82, 2.24) is 0 Å². The van der Waals surface area contributed by atoms with Crippen molar-refractivity contribution in [3.05, 3.63) is 122 Å². The van der Waals surface area contributed by atoms with E-state index in [1.165, 1.54) is 0 Å². The van der Waals surface area contributed by atoms with E-state index in [0.717, 1.165) is 83.5 Å². The van der Waals surface area contributed by atoms with Gasteiger partial charge in [-0.15, -0.1) is 0 Å². The molecule has 6 unspecified atom stereocenters. The molecule has 0 aromatic rings. The Hall–Kier alpha value is -3.26. The van der Waals surface area contributed by atoms with E-state index in [1.54, 1.807) is 0 Å². The standard InChI is InChI=1S/C49H77O12P/c1-3-5-7-9-11-13-15-17-19-20-21-22-23-25-27-29-31-33-35-37-39-58-40-42(41-59-62(56,57)61-49-47(54)45(52)44(51)46(53)48(49)55)60-43(50)38-36-34-32-30-28-26-24-18-16-14-12-10-8-6-4-2/h5-8,11-14,17-19,21-22,24-25,27-28,30-31,33,42,44-49,51-55H,3-4,9-10,15-16,20,23,26,29,32,34-41H2,1-2H3,(H,56,57)/b7-5-,8-6-,13-11-,14-12-,19-17-,22-21-,24-18-,27-25-,30-28-,33-31-. The number of hydrogen-bond acceptors (Lipinski definition) is 11. The number of phosphoric ester groups is 1. The van der Waals surface area contributed by atoms with Crippen LogP contribution in [0.5, 0.6) is 0 Å². The molecule has 6 atom stereocenters. The van der Waals surface area contributed by atoms with E-state index in [1.807, 2.05) is 0 Å². The van der Waals surface area contributed by atoms with E-state index in [2.05, 4.69) is 135 Å². The molecule has 350 valence electrons. The van der Waals surface area contributed by atoms with Crippen LogP contribution in [-0.4, -0.2) is 98.9 Å². The maximum atomic E-state index is 12.8. The molecule has 13 heteroatoms. The van der Waals surface area contributed by atoms with Crippen LogP contribution in [0.4, 0.5) is 0 Å². The molecule has 62 heavy (non-hydrogen) atoms. The summed E-state index contributed by atoms with van der Waals surface area (Å²) in [5.74, 6) is -0.544. The number of allylic oxidation sites excluding steroid dienone is 20. The van der Waals surface area contributed by atoms with Gasteiger partial charge in [0.2, 0.25) is 0 Å². The number of aliphatic hydroxyl groups is 5. The van der Waals surface area contributed by atoms with E-state index in [9.17, 15) is 39.8 Å². The molecule has 1 aliphatic rings. The van der Waals surface area contributed by atoms with Crippen LogP contribution >= 0.6 is 7.82 Å². The van der Waals surface area contributed by atoms with Gasteiger partial charge in [0.25, 0.3) is 0 Å². The third-order valence-corrected chi connectivity index (χ3v) is 10.3. The van der Waals surface area contributed by atoms with Gasteiger partial charge in [0.15, 0.2) is 0 Å². The maximum Gasteiger partial charge on any atom is 0.472 e. The molecule has 0 amide bonds. The number of esters is 1. The monoisotopic (exact) mass is 889 g/mol. The van der Waals surface area contributed by atoms with Crippen molar-refractivity contribution < 1.29 is 58.3 Å². The summed E-state index contributed by atoms with van der Waals surface area (Å²) in [5.41, 5.74) is 0. The summed E-state index contributed by atoms with van der Waals surface area (Å²) in [5, 5.41) is 50.1. The van der Waals surface area contributed by atoms with Crippen LogP contribution in [0.25, 0.3) is 0 Å². The second-order valence-corrected chi connectivity index (χ2v) is 16.2. The predicted octanol–water partition coefficient (Wildman–Crippen LogP) is 9.08. The molecule has 12 nitrogen and oxygen atoms in total. The Labute approximate surface area is 371 Å². The summed E-state index contributed by atoms with van der Waals surface area (Å²) >= 11 is 0. The Kier molecular flexibility index (Phi) is 35.0. The molecule has 0 radical (unpaired) electrons. The van der Waals surface area contributed by atoms with Crippen molar-refractivity contribution in [1.29, 1.82) is 0 Å². The third kappa shape index (κ3) is 29.9. The van der Waals surface area contributed by atoms with Gasteiger partial charge in [0.1, 0.15) is 42.7 Å². The first-order valence-electron chi connectivity index (χ1n) is 22.4. The SMILES string of the molecule is CC/C=C\C/C=C\C/C=C\C/C=C\C/C=C\C/C=C\CCCOCC(COP(=O)(O)OC1C(O)C(O)C(O)C(O)C1O)OC(=O)CCCC/C=C\C/C=C\C/C=C\C/C=C\CC. The van der Waals surface area contributed by atoms with E-state index < -0.39 is 63.1 Å². The normalized spacial score (nSPS) is 23.2. The first-order chi connectivity index (χ1) is 30.0. The summed E-state index contributed by atoms with van der Waals surface area (Å²) in [6.45, 7) is 3.80. The Bertz CT molecular complexity index is 1480. The molecule has 1 aliphatic carbocycles. The Morgan fingerprint density at radius 2 is 0.887 bits per heavy atom. The zero-order valence-electron chi connectivity index (χ0n) is 37.1. The molecule has 0 aliphatic heterocycles. The maximum absolute atomic E-state index is 12.8. The van der Waals surface area contributed by atoms with Crippen LogP contribution in [0.1, 0.15) is 117 Å². The van der Waals surface area contributed by atoms with Crippen LogP contribution in [-0.2, 0) is 27.9 Å². The molecule has 0 saturated heterocycles. The van der Waals surface area contributed by atoms with Gasteiger partial charge in [-0.25, -0.2) is 4.57 Å². The van der Waals surface area contributed by atoms with Crippen LogP contribution in [0.15, 0.2) is 122 Å². The second-order valence-electron chi connectivity index (χ2n) is 14.8. The van der Waals surface area contributed by atoms with Gasteiger partial charge in [0.05, 0.1) is 13.2 Å². The fourth-order valence-corrected chi connectivity index (χ4v) is 6.80. The zero-order valence-corrected chi connectivity index (χ0v) is 38.0. The topological polar surface area (TPSA) is 192 Å². The fraction of sp³-hybridized carbons (Fsp3) is 0.571. The highest BCUT2D eigenvalue weighted by Crippen LogP contribution is 2.47. The van der Waals surface area contributed by atoms with Crippen molar-refractivity contribution in [3.63, 3.8) is 0 Å². The Balaban J connectivity index is 2.50. The van der Waals surface area contributed by atoms with Gasteiger partial charge in [-0.2, -0.15) is 0 Å². The van der Waals surface area contributed by atoms with Gasteiger partial charge in [0, 0.05) is 13.0 Å². The molecule has 0 aromatic carbocycles. The fourth-order valence-electron chi connectivity index (χ4n) is 5.83. The summed E-state index contributed by atoms with van der Waals surface area (Å²) < 4.78 is 34.0. The number of hydrogen-bond donors (Lipinski definition) is 6. The van der Waals surface area contributed by atoms with Gasteiger partial charge < -0.3 is 39.9 Å². The minimum atomic E-state index is -5.05. The average molecular weight is 889 g/mol. The number of carbonyl (C=O) groups is 1. The molecular weight excluding hydrogens is 812 g/mol. The highest BCUT2D eigenvalue weighted by atomic mass is 31.2. The van der Waals surface area contributed by atoms with E-state index in [-0.39, 0.29) is 13.0 Å². The lowest BCUT2D eigenvalue weighted by atomic mass is 9.85. The summed E-state index contributed by atoms with van der Waals surface area (Å²) in [4.78, 5) is 23.1. The summed E-state index contributed by atoms with van der Waals surface area (Å²) in [6.07, 6.45) is 42.8. The summed E-state index contributed by atoms with van der Waals surface area (Å²) in [6, 6.07) is 0. The molecule has 1 saturated carbocycles. The molecule has 6 N–H and O–H groups in total. The number of phosphoric acid groups is 1. The highest BCUT2D eigenvalue weighted by molar-refractivity contribution is 7.47. The molecule has 0 spiro atoms. The summed E-state index contributed by atoms with van der Waals surface area (Å²) in [7, 11) is -5.05. The number of aliphatic hydroxyl groups excluding tert-OH is 5.